The van der Waals surface area contributed by atoms with Gasteiger partial charge in [0, 0.05) is 17.8 Å². The maximum absolute atomic E-state index is 12.7. The van der Waals surface area contributed by atoms with E-state index >= 15 is 0 Å². The molecule has 21 heavy (non-hydrogen) atoms. The number of anilines is 1. The average molecular weight is 302 g/mol. The van der Waals surface area contributed by atoms with E-state index in [4.69, 9.17) is 17.3 Å². The molecule has 1 aliphatic carbocycles. The summed E-state index contributed by atoms with van der Waals surface area (Å²) in [7, 11) is 0. The summed E-state index contributed by atoms with van der Waals surface area (Å²) < 4.78 is 0. The molecule has 1 aliphatic rings. The summed E-state index contributed by atoms with van der Waals surface area (Å²) in [5.41, 5.74) is 7.63. The van der Waals surface area contributed by atoms with E-state index in [1.165, 1.54) is 0 Å². The van der Waals surface area contributed by atoms with Crippen molar-refractivity contribution >= 4 is 23.2 Å². The second-order valence-corrected chi connectivity index (χ2v) is 5.63. The number of hydrogen-bond acceptors (Lipinski definition) is 3. The van der Waals surface area contributed by atoms with Gasteiger partial charge < -0.3 is 10.6 Å². The highest BCUT2D eigenvalue weighted by atomic mass is 35.5. The van der Waals surface area contributed by atoms with Crippen molar-refractivity contribution in [3.8, 4) is 0 Å². The molecule has 0 saturated heterocycles. The van der Waals surface area contributed by atoms with Crippen molar-refractivity contribution in [2.45, 2.75) is 25.4 Å². The van der Waals surface area contributed by atoms with Crippen LogP contribution in [0.4, 0.5) is 5.69 Å². The van der Waals surface area contributed by atoms with Crippen molar-refractivity contribution in [1.82, 2.24) is 9.88 Å². The van der Waals surface area contributed by atoms with Gasteiger partial charge in [-0.1, -0.05) is 17.7 Å². The van der Waals surface area contributed by atoms with Gasteiger partial charge in [-0.3, -0.25) is 9.78 Å². The van der Waals surface area contributed by atoms with Crippen LogP contribution in [0.2, 0.25) is 5.02 Å². The number of carbonyl (C=O) groups is 1. The maximum Gasteiger partial charge on any atom is 0.254 e. The molecule has 0 unspecified atom stereocenters. The molecule has 0 radical (unpaired) electrons. The fourth-order valence-electron chi connectivity index (χ4n) is 2.25. The number of pyridine rings is 1. The Hall–Kier alpha value is -2.07. The molecule has 5 heteroatoms. The number of amides is 1. The number of benzene rings is 1. The Labute approximate surface area is 128 Å². The molecule has 4 nitrogen and oxygen atoms in total. The summed E-state index contributed by atoms with van der Waals surface area (Å²) in [4.78, 5) is 18.9. The summed E-state index contributed by atoms with van der Waals surface area (Å²) in [6, 6.07) is 11.0. The molecule has 1 amide bonds. The van der Waals surface area contributed by atoms with Gasteiger partial charge in [-0.2, -0.15) is 0 Å². The quantitative estimate of drug-likeness (QED) is 0.883. The van der Waals surface area contributed by atoms with Crippen LogP contribution in [-0.2, 0) is 6.54 Å². The number of nitrogens with zero attached hydrogens (tertiary/aromatic N) is 2. The van der Waals surface area contributed by atoms with Gasteiger partial charge in [-0.05, 0) is 43.2 Å². The standard InChI is InChI=1S/C16H16ClN3O/c17-14-9-11(4-7-15(14)18)16(21)20(13-5-6-13)10-12-3-1-2-8-19-12/h1-4,7-9,13H,5-6,10,18H2. The highest BCUT2D eigenvalue weighted by molar-refractivity contribution is 6.33. The van der Waals surface area contributed by atoms with E-state index in [9.17, 15) is 4.79 Å². The zero-order chi connectivity index (χ0) is 14.8. The minimum Gasteiger partial charge on any atom is -0.398 e. The molecule has 1 aromatic heterocycles. The van der Waals surface area contributed by atoms with Gasteiger partial charge in [0.1, 0.15) is 0 Å². The Bertz CT molecular complexity index is 656. The van der Waals surface area contributed by atoms with Gasteiger partial charge in [0.2, 0.25) is 0 Å². The van der Waals surface area contributed by atoms with Crippen LogP contribution in [0.25, 0.3) is 0 Å². The van der Waals surface area contributed by atoms with E-state index in [1.54, 1.807) is 24.4 Å². The van der Waals surface area contributed by atoms with Crippen molar-refractivity contribution < 1.29 is 4.79 Å². The van der Waals surface area contributed by atoms with Crippen molar-refractivity contribution in [3.63, 3.8) is 0 Å². The topological polar surface area (TPSA) is 59.2 Å². The van der Waals surface area contributed by atoms with Gasteiger partial charge in [0.05, 0.1) is 22.9 Å². The molecule has 1 heterocycles. The number of nitrogen functional groups attached to an aromatic ring is 1. The number of hydrogen-bond donors (Lipinski definition) is 1. The number of carbonyl (C=O) groups excluding carboxylic acids is 1. The van der Waals surface area contributed by atoms with Crippen molar-refractivity contribution in [2.24, 2.45) is 0 Å². The third-order valence-electron chi connectivity index (χ3n) is 3.55. The third-order valence-corrected chi connectivity index (χ3v) is 3.88. The third kappa shape index (κ3) is 3.16. The molecule has 108 valence electrons. The number of aromatic nitrogens is 1. The Balaban J connectivity index is 1.83. The summed E-state index contributed by atoms with van der Waals surface area (Å²) in [6.07, 6.45) is 3.83. The van der Waals surface area contributed by atoms with Crippen LogP contribution >= 0.6 is 11.6 Å². The molecular weight excluding hydrogens is 286 g/mol. The molecule has 2 N–H and O–H groups in total. The lowest BCUT2D eigenvalue weighted by molar-refractivity contribution is 0.0728. The van der Waals surface area contributed by atoms with Crippen LogP contribution in [0.15, 0.2) is 42.6 Å². The molecule has 1 aromatic carbocycles. The van der Waals surface area contributed by atoms with E-state index in [1.807, 2.05) is 23.1 Å². The fourth-order valence-corrected chi connectivity index (χ4v) is 2.43. The van der Waals surface area contributed by atoms with E-state index in [0.29, 0.717) is 28.9 Å². The zero-order valence-corrected chi connectivity index (χ0v) is 12.3. The lowest BCUT2D eigenvalue weighted by Crippen LogP contribution is -2.32. The second-order valence-electron chi connectivity index (χ2n) is 5.22. The molecule has 0 spiro atoms. The van der Waals surface area contributed by atoms with Gasteiger partial charge in [-0.25, -0.2) is 0 Å². The summed E-state index contributed by atoms with van der Waals surface area (Å²) in [5.74, 6) is -0.0231. The highest BCUT2D eigenvalue weighted by Gasteiger charge is 2.33. The first kappa shape index (κ1) is 13.9. The summed E-state index contributed by atoms with van der Waals surface area (Å²) in [6.45, 7) is 0.520. The first-order valence-corrected chi connectivity index (χ1v) is 7.29. The molecule has 0 atom stereocenters. The van der Waals surface area contributed by atoms with E-state index in [-0.39, 0.29) is 5.91 Å². The zero-order valence-electron chi connectivity index (χ0n) is 11.5. The summed E-state index contributed by atoms with van der Waals surface area (Å²) >= 11 is 6.01. The molecule has 1 saturated carbocycles. The first-order chi connectivity index (χ1) is 10.1. The molecule has 1 fully saturated rings. The Morgan fingerprint density at radius 2 is 2.14 bits per heavy atom. The minimum atomic E-state index is -0.0231. The van der Waals surface area contributed by atoms with Crippen molar-refractivity contribution in [3.05, 3.63) is 58.9 Å². The van der Waals surface area contributed by atoms with Gasteiger partial charge in [0.25, 0.3) is 5.91 Å². The SMILES string of the molecule is Nc1ccc(C(=O)N(Cc2ccccn2)C2CC2)cc1Cl. The van der Waals surface area contributed by atoms with Crippen LogP contribution in [0.5, 0.6) is 0 Å². The van der Waals surface area contributed by atoms with Crippen LogP contribution < -0.4 is 5.73 Å². The number of nitrogens with two attached hydrogens (primary N) is 1. The smallest absolute Gasteiger partial charge is 0.254 e. The van der Waals surface area contributed by atoms with Crippen LogP contribution in [0, 0.1) is 0 Å². The Morgan fingerprint density at radius 3 is 2.76 bits per heavy atom. The van der Waals surface area contributed by atoms with Gasteiger partial charge in [0.15, 0.2) is 0 Å². The van der Waals surface area contributed by atoms with E-state index in [0.717, 1.165) is 18.5 Å². The molecular formula is C16H16ClN3O. The second kappa shape index (κ2) is 5.74. The molecule has 0 aliphatic heterocycles. The maximum atomic E-state index is 12.7. The monoisotopic (exact) mass is 301 g/mol. The average Bonchev–Trinajstić information content (AvgIpc) is 3.33. The van der Waals surface area contributed by atoms with Gasteiger partial charge >= 0.3 is 0 Å². The molecule has 0 bridgehead atoms. The van der Waals surface area contributed by atoms with Crippen molar-refractivity contribution in [1.29, 1.82) is 0 Å². The predicted molar refractivity (Wildman–Crippen MR) is 83.0 cm³/mol. The Kier molecular flexibility index (Phi) is 3.80. The lowest BCUT2D eigenvalue weighted by Gasteiger charge is -2.22. The number of halogens is 1. The largest absolute Gasteiger partial charge is 0.398 e. The Morgan fingerprint density at radius 1 is 1.33 bits per heavy atom. The lowest BCUT2D eigenvalue weighted by atomic mass is 10.1. The highest BCUT2D eigenvalue weighted by Crippen LogP contribution is 2.30. The van der Waals surface area contributed by atoms with Gasteiger partial charge in [-0.15, -0.1) is 0 Å². The van der Waals surface area contributed by atoms with Crippen LogP contribution in [-0.4, -0.2) is 21.8 Å². The minimum absolute atomic E-state index is 0.0231. The van der Waals surface area contributed by atoms with Crippen LogP contribution in [0.3, 0.4) is 0 Å². The van der Waals surface area contributed by atoms with Crippen LogP contribution in [0.1, 0.15) is 28.9 Å². The van der Waals surface area contributed by atoms with E-state index < -0.39 is 0 Å². The molecule has 3 rings (SSSR count). The normalized spacial score (nSPS) is 14.0. The first-order valence-electron chi connectivity index (χ1n) is 6.91. The fraction of sp³-hybridized carbons (Fsp3) is 0.250. The molecule has 2 aromatic rings. The number of rotatable bonds is 4. The summed E-state index contributed by atoms with van der Waals surface area (Å²) in [5, 5.41) is 0.412. The van der Waals surface area contributed by atoms with Crippen molar-refractivity contribution in [2.75, 3.05) is 5.73 Å². The predicted octanol–water partition coefficient (Wildman–Crippen LogP) is 3.12. The van der Waals surface area contributed by atoms with E-state index in [2.05, 4.69) is 4.98 Å².